The maximum Gasteiger partial charge on any atom is 0.328 e. The number of anilines is 1. The lowest BCUT2D eigenvalue weighted by Gasteiger charge is -2.10. The van der Waals surface area contributed by atoms with Gasteiger partial charge < -0.3 is 10.1 Å². The van der Waals surface area contributed by atoms with Gasteiger partial charge in [0.25, 0.3) is 0 Å². The predicted molar refractivity (Wildman–Crippen MR) is 72.9 cm³/mol. The van der Waals surface area contributed by atoms with E-state index in [1.54, 1.807) is 6.92 Å². The average Bonchev–Trinajstić information content (AvgIpc) is 2.86. The fraction of sp³-hybridized carbons (Fsp3) is 0.286. The molecule has 0 amide bonds. The van der Waals surface area contributed by atoms with Crippen LogP contribution in [-0.2, 0) is 16.1 Å². The highest BCUT2D eigenvalue weighted by molar-refractivity contribution is 5.78. The van der Waals surface area contributed by atoms with Crippen LogP contribution < -0.4 is 5.32 Å². The number of ether oxygens (including phenoxy) is 1. The molecule has 2 rings (SSSR count). The molecule has 5 heteroatoms. The summed E-state index contributed by atoms with van der Waals surface area (Å²) in [4.78, 5) is 11.3. The standard InChI is InChI=1S/C14H17N3O2/c1-11(14(18)19-2)15-13-8-9-17(16-13)10-12-6-4-3-5-7-12/h3-9,11H,10H2,1-2H3,(H,15,16). The molecule has 0 aliphatic carbocycles. The van der Waals surface area contributed by atoms with Crippen molar-refractivity contribution in [1.29, 1.82) is 0 Å². The van der Waals surface area contributed by atoms with E-state index < -0.39 is 6.04 Å². The number of carbonyl (C=O) groups is 1. The predicted octanol–water partition coefficient (Wildman–Crippen LogP) is 1.90. The number of hydrogen-bond donors (Lipinski definition) is 1. The fourth-order valence-corrected chi connectivity index (χ4v) is 1.75. The maximum atomic E-state index is 11.3. The monoisotopic (exact) mass is 259 g/mol. The van der Waals surface area contributed by atoms with Gasteiger partial charge in [0.05, 0.1) is 13.7 Å². The molecular weight excluding hydrogens is 242 g/mol. The molecule has 5 nitrogen and oxygen atoms in total. The van der Waals surface area contributed by atoms with E-state index in [4.69, 9.17) is 0 Å². The lowest BCUT2D eigenvalue weighted by Crippen LogP contribution is -2.27. The van der Waals surface area contributed by atoms with E-state index in [0.717, 1.165) is 0 Å². The molecule has 1 aromatic heterocycles. The minimum atomic E-state index is -0.412. The first-order valence-electron chi connectivity index (χ1n) is 6.11. The van der Waals surface area contributed by atoms with E-state index in [2.05, 4.69) is 15.2 Å². The van der Waals surface area contributed by atoms with E-state index >= 15 is 0 Å². The molecule has 0 bridgehead atoms. The van der Waals surface area contributed by atoms with Crippen LogP contribution >= 0.6 is 0 Å². The number of aromatic nitrogens is 2. The van der Waals surface area contributed by atoms with E-state index in [1.165, 1.54) is 12.7 Å². The molecule has 1 N–H and O–H groups in total. The molecule has 0 saturated carbocycles. The zero-order chi connectivity index (χ0) is 13.7. The third-order valence-corrected chi connectivity index (χ3v) is 2.75. The van der Waals surface area contributed by atoms with Gasteiger partial charge in [-0.25, -0.2) is 4.79 Å². The second-order valence-corrected chi connectivity index (χ2v) is 4.27. The lowest BCUT2D eigenvalue weighted by molar-refractivity contribution is -0.141. The first-order chi connectivity index (χ1) is 9.19. The highest BCUT2D eigenvalue weighted by atomic mass is 16.5. The zero-order valence-electron chi connectivity index (χ0n) is 11.0. The first-order valence-corrected chi connectivity index (χ1v) is 6.11. The van der Waals surface area contributed by atoms with Crippen LogP contribution in [0.3, 0.4) is 0 Å². The van der Waals surface area contributed by atoms with Crippen LogP contribution in [0, 0.1) is 0 Å². The molecule has 19 heavy (non-hydrogen) atoms. The summed E-state index contributed by atoms with van der Waals surface area (Å²) >= 11 is 0. The number of esters is 1. The Kier molecular flexibility index (Phi) is 4.18. The van der Waals surface area contributed by atoms with Crippen molar-refractivity contribution in [2.45, 2.75) is 19.5 Å². The fourth-order valence-electron chi connectivity index (χ4n) is 1.75. The Morgan fingerprint density at radius 1 is 1.37 bits per heavy atom. The molecule has 0 radical (unpaired) electrons. The number of nitrogens with zero attached hydrogens (tertiary/aromatic N) is 2. The largest absolute Gasteiger partial charge is 0.467 e. The normalized spacial score (nSPS) is 11.9. The Morgan fingerprint density at radius 3 is 2.79 bits per heavy atom. The summed E-state index contributed by atoms with van der Waals surface area (Å²) < 4.78 is 6.47. The first kappa shape index (κ1) is 13.1. The number of nitrogens with one attached hydrogen (secondary N) is 1. The van der Waals surface area contributed by atoms with Crippen LogP contribution in [0.5, 0.6) is 0 Å². The average molecular weight is 259 g/mol. The molecule has 0 aliphatic heterocycles. The van der Waals surface area contributed by atoms with Crippen LogP contribution in [0.1, 0.15) is 12.5 Å². The van der Waals surface area contributed by atoms with Crippen LogP contribution in [0.4, 0.5) is 5.82 Å². The van der Waals surface area contributed by atoms with Gasteiger partial charge in [-0.15, -0.1) is 0 Å². The number of hydrogen-bond acceptors (Lipinski definition) is 4. The van der Waals surface area contributed by atoms with Crippen molar-refractivity contribution in [2.75, 3.05) is 12.4 Å². The molecule has 2 aromatic rings. The minimum absolute atomic E-state index is 0.308. The number of carbonyl (C=O) groups excluding carboxylic acids is 1. The van der Waals surface area contributed by atoms with Crippen LogP contribution in [0.15, 0.2) is 42.6 Å². The zero-order valence-corrected chi connectivity index (χ0v) is 11.0. The number of methoxy groups -OCH3 is 1. The molecule has 0 fully saturated rings. The van der Waals surface area contributed by atoms with E-state index in [0.29, 0.717) is 12.4 Å². The molecule has 1 unspecified atom stereocenters. The van der Waals surface area contributed by atoms with Crippen LogP contribution in [0.25, 0.3) is 0 Å². The third kappa shape index (κ3) is 3.58. The van der Waals surface area contributed by atoms with Crippen LogP contribution in [-0.4, -0.2) is 28.9 Å². The highest BCUT2D eigenvalue weighted by Crippen LogP contribution is 2.08. The summed E-state index contributed by atoms with van der Waals surface area (Å²) in [5.41, 5.74) is 1.18. The van der Waals surface area contributed by atoms with Gasteiger partial charge in [0.15, 0.2) is 0 Å². The molecule has 0 aliphatic rings. The Morgan fingerprint density at radius 2 is 2.11 bits per heavy atom. The molecule has 0 spiro atoms. The molecule has 1 atom stereocenters. The molecule has 1 aromatic carbocycles. The van der Waals surface area contributed by atoms with Crippen molar-refractivity contribution in [3.8, 4) is 0 Å². The van der Waals surface area contributed by atoms with Gasteiger partial charge in [-0.2, -0.15) is 5.10 Å². The Labute approximate surface area is 112 Å². The summed E-state index contributed by atoms with van der Waals surface area (Å²) in [5.74, 6) is 0.353. The van der Waals surface area contributed by atoms with Crippen molar-refractivity contribution in [1.82, 2.24) is 9.78 Å². The maximum absolute atomic E-state index is 11.3. The summed E-state index contributed by atoms with van der Waals surface area (Å²) in [6.07, 6.45) is 1.87. The third-order valence-electron chi connectivity index (χ3n) is 2.75. The van der Waals surface area contributed by atoms with E-state index in [1.807, 2.05) is 47.3 Å². The minimum Gasteiger partial charge on any atom is -0.467 e. The Bertz CT molecular complexity index is 537. The SMILES string of the molecule is COC(=O)C(C)Nc1ccn(Cc2ccccc2)n1. The molecule has 0 saturated heterocycles. The molecule has 1 heterocycles. The van der Waals surface area contributed by atoms with E-state index in [9.17, 15) is 4.79 Å². The smallest absolute Gasteiger partial charge is 0.328 e. The van der Waals surface area contributed by atoms with Gasteiger partial charge in [0.1, 0.15) is 11.9 Å². The van der Waals surface area contributed by atoms with Crippen molar-refractivity contribution in [3.05, 3.63) is 48.2 Å². The highest BCUT2D eigenvalue weighted by Gasteiger charge is 2.13. The second-order valence-electron chi connectivity index (χ2n) is 4.27. The molecule has 100 valence electrons. The summed E-state index contributed by atoms with van der Waals surface area (Å²) in [7, 11) is 1.37. The summed E-state index contributed by atoms with van der Waals surface area (Å²) in [6.45, 7) is 2.44. The van der Waals surface area contributed by atoms with Gasteiger partial charge in [-0.1, -0.05) is 30.3 Å². The number of rotatable bonds is 5. The van der Waals surface area contributed by atoms with Gasteiger partial charge in [0.2, 0.25) is 0 Å². The van der Waals surface area contributed by atoms with Crippen molar-refractivity contribution >= 4 is 11.8 Å². The number of benzene rings is 1. The van der Waals surface area contributed by atoms with Gasteiger partial charge in [-0.05, 0) is 12.5 Å². The molecular formula is C14H17N3O2. The van der Waals surface area contributed by atoms with Crippen molar-refractivity contribution in [2.24, 2.45) is 0 Å². The van der Waals surface area contributed by atoms with E-state index in [-0.39, 0.29) is 5.97 Å². The van der Waals surface area contributed by atoms with Gasteiger partial charge >= 0.3 is 5.97 Å². The Balaban J connectivity index is 1.98. The van der Waals surface area contributed by atoms with Crippen LogP contribution in [0.2, 0.25) is 0 Å². The second kappa shape index (κ2) is 6.04. The van der Waals surface area contributed by atoms with Gasteiger partial charge in [0, 0.05) is 12.3 Å². The lowest BCUT2D eigenvalue weighted by atomic mass is 10.2. The van der Waals surface area contributed by atoms with Crippen molar-refractivity contribution in [3.63, 3.8) is 0 Å². The Hall–Kier alpha value is -2.30. The van der Waals surface area contributed by atoms with Crippen molar-refractivity contribution < 1.29 is 9.53 Å². The summed E-state index contributed by atoms with van der Waals surface area (Å²) in [5, 5.41) is 7.35. The quantitative estimate of drug-likeness (QED) is 0.833. The van der Waals surface area contributed by atoms with Gasteiger partial charge in [-0.3, -0.25) is 4.68 Å². The topological polar surface area (TPSA) is 56.1 Å². The summed E-state index contributed by atoms with van der Waals surface area (Å²) in [6, 6.07) is 11.5.